The Hall–Kier alpha value is -1.30. The molecular weight excluding hydrogens is 277 g/mol. The van der Waals surface area contributed by atoms with Crippen LogP contribution in [0, 0.1) is 12.3 Å². The van der Waals surface area contributed by atoms with E-state index in [2.05, 4.69) is 5.10 Å². The van der Waals surface area contributed by atoms with Gasteiger partial charge in [0.1, 0.15) is 7.85 Å². The van der Waals surface area contributed by atoms with Gasteiger partial charge in [-0.25, -0.2) is 0 Å². The van der Waals surface area contributed by atoms with Gasteiger partial charge in [0.2, 0.25) is 6.41 Å². The molecule has 120 valence electrons. The van der Waals surface area contributed by atoms with Crippen LogP contribution in [0.3, 0.4) is 0 Å². The van der Waals surface area contributed by atoms with Gasteiger partial charge in [0, 0.05) is 36.9 Å². The summed E-state index contributed by atoms with van der Waals surface area (Å²) in [5.41, 5.74) is 2.16. The number of aryl methyl sites for hydroxylation is 1. The van der Waals surface area contributed by atoms with E-state index in [0.717, 1.165) is 38.0 Å². The second-order valence-corrected chi connectivity index (χ2v) is 7.54. The first-order valence-electron chi connectivity index (χ1n) is 7.74. The highest BCUT2D eigenvalue weighted by Crippen LogP contribution is 2.53. The number of hydrogen-bond acceptors (Lipinski definition) is 3. The van der Waals surface area contributed by atoms with Crippen LogP contribution in [0.5, 0.6) is 0 Å². The van der Waals surface area contributed by atoms with Crippen molar-refractivity contribution in [2.24, 2.45) is 5.41 Å². The Morgan fingerprint density at radius 1 is 1.41 bits per heavy atom. The van der Waals surface area contributed by atoms with Crippen molar-refractivity contribution in [3.8, 4) is 0 Å². The SMILES string of the molecule is COC(C)(C)C.[B]c1cc(C)n(C2CC3(C2)CN(C=O)C3)n1. The van der Waals surface area contributed by atoms with Gasteiger partial charge in [0.05, 0.1) is 11.6 Å². The largest absolute Gasteiger partial charge is 0.379 e. The van der Waals surface area contributed by atoms with Crippen LogP contribution >= 0.6 is 0 Å². The molecule has 1 aliphatic heterocycles. The van der Waals surface area contributed by atoms with Gasteiger partial charge in [-0.1, -0.05) is 0 Å². The smallest absolute Gasteiger partial charge is 0.209 e. The first-order chi connectivity index (χ1) is 10.2. The number of nitrogens with zero attached hydrogens (tertiary/aromatic N) is 3. The molecule has 2 radical (unpaired) electrons. The van der Waals surface area contributed by atoms with Gasteiger partial charge in [0.15, 0.2) is 0 Å². The molecule has 2 aliphatic rings. The minimum absolute atomic E-state index is 0.0417. The van der Waals surface area contributed by atoms with Crippen molar-refractivity contribution in [2.75, 3.05) is 20.2 Å². The lowest BCUT2D eigenvalue weighted by Gasteiger charge is -2.58. The number of ether oxygens (including phenoxy) is 1. The Morgan fingerprint density at radius 3 is 2.32 bits per heavy atom. The molecule has 1 aromatic rings. The topological polar surface area (TPSA) is 47.4 Å². The van der Waals surface area contributed by atoms with Gasteiger partial charge in [-0.05, 0) is 46.6 Å². The molecule has 1 saturated heterocycles. The Labute approximate surface area is 134 Å². The van der Waals surface area contributed by atoms with Gasteiger partial charge >= 0.3 is 0 Å². The summed E-state index contributed by atoms with van der Waals surface area (Å²) in [6.07, 6.45) is 3.19. The number of carbonyl (C=O) groups is 1. The van der Waals surface area contributed by atoms with Gasteiger partial charge in [-0.15, -0.1) is 0 Å². The Balaban J connectivity index is 0.000000254. The van der Waals surface area contributed by atoms with E-state index in [1.165, 1.54) is 0 Å². The monoisotopic (exact) mass is 303 g/mol. The van der Waals surface area contributed by atoms with Gasteiger partial charge < -0.3 is 9.64 Å². The number of methoxy groups -OCH3 is 1. The predicted molar refractivity (Wildman–Crippen MR) is 87.5 cm³/mol. The number of hydrogen-bond donors (Lipinski definition) is 0. The molecule has 2 heterocycles. The molecule has 3 rings (SSSR count). The lowest BCUT2D eigenvalue weighted by atomic mass is 9.61. The molecule has 1 amide bonds. The number of amides is 1. The zero-order valence-electron chi connectivity index (χ0n) is 14.3. The predicted octanol–water partition coefficient (Wildman–Crippen LogP) is 1.21. The molecule has 0 bridgehead atoms. The van der Waals surface area contributed by atoms with Crippen LogP contribution < -0.4 is 5.59 Å². The molecule has 6 heteroatoms. The molecular formula is C16H26BN3O2. The summed E-state index contributed by atoms with van der Waals surface area (Å²) < 4.78 is 6.97. The summed E-state index contributed by atoms with van der Waals surface area (Å²) in [7, 11) is 7.38. The van der Waals surface area contributed by atoms with Crippen LogP contribution in [-0.2, 0) is 9.53 Å². The van der Waals surface area contributed by atoms with Gasteiger partial charge in [0.25, 0.3) is 0 Å². The maximum atomic E-state index is 10.5. The van der Waals surface area contributed by atoms with E-state index in [0.29, 0.717) is 17.1 Å². The highest BCUT2D eigenvalue weighted by molar-refractivity contribution is 6.30. The zero-order valence-corrected chi connectivity index (χ0v) is 14.3. The normalized spacial score (nSPS) is 20.0. The van der Waals surface area contributed by atoms with Crippen LogP contribution in [0.25, 0.3) is 0 Å². The van der Waals surface area contributed by atoms with Crippen molar-refractivity contribution in [1.29, 1.82) is 0 Å². The molecule has 22 heavy (non-hydrogen) atoms. The van der Waals surface area contributed by atoms with E-state index in [-0.39, 0.29) is 5.60 Å². The van der Waals surface area contributed by atoms with Crippen LogP contribution in [0.15, 0.2) is 6.07 Å². The first kappa shape index (κ1) is 17.1. The number of rotatable bonds is 2. The standard InChI is InChI=1S/C11H14BN3O.C5H12O/c1-8-2-10(12)13-15(8)9-3-11(4-9)5-14(6-11)7-16;1-5(2,3)6-4/h2,7,9H,3-6H2,1H3;1-4H3. The number of likely N-dealkylation sites (tertiary alicyclic amines) is 1. The van der Waals surface area contributed by atoms with E-state index < -0.39 is 0 Å². The second kappa shape index (κ2) is 6.07. The van der Waals surface area contributed by atoms with Crippen LogP contribution in [0.1, 0.15) is 45.3 Å². The fourth-order valence-electron chi connectivity index (χ4n) is 3.14. The fourth-order valence-corrected chi connectivity index (χ4v) is 3.14. The molecule has 0 unspecified atom stereocenters. The molecule has 0 N–H and O–H groups in total. The van der Waals surface area contributed by atoms with Crippen LogP contribution in [0.2, 0.25) is 0 Å². The summed E-state index contributed by atoms with van der Waals surface area (Å²) in [6.45, 7) is 9.94. The van der Waals surface area contributed by atoms with Crippen molar-refractivity contribution in [2.45, 2.75) is 52.2 Å². The second-order valence-electron chi connectivity index (χ2n) is 7.54. The Kier molecular flexibility index (Phi) is 4.71. The zero-order chi connectivity index (χ0) is 16.5. The molecule has 1 spiro atoms. The van der Waals surface area contributed by atoms with E-state index in [1.54, 1.807) is 7.11 Å². The minimum atomic E-state index is 0.0417. The van der Waals surface area contributed by atoms with E-state index in [1.807, 2.05) is 43.3 Å². The number of aromatic nitrogens is 2. The Bertz CT molecular complexity index is 522. The maximum Gasteiger partial charge on any atom is 0.209 e. The Morgan fingerprint density at radius 2 is 1.95 bits per heavy atom. The van der Waals surface area contributed by atoms with Crippen molar-refractivity contribution in [1.82, 2.24) is 14.7 Å². The van der Waals surface area contributed by atoms with Crippen molar-refractivity contribution in [3.63, 3.8) is 0 Å². The summed E-state index contributed by atoms with van der Waals surface area (Å²) in [6, 6.07) is 2.38. The highest BCUT2D eigenvalue weighted by atomic mass is 16.5. The first-order valence-corrected chi connectivity index (χ1v) is 7.74. The third-order valence-electron chi connectivity index (χ3n) is 4.46. The van der Waals surface area contributed by atoms with E-state index in [4.69, 9.17) is 12.6 Å². The summed E-state index contributed by atoms with van der Waals surface area (Å²) >= 11 is 0. The van der Waals surface area contributed by atoms with Crippen LogP contribution in [-0.4, -0.2) is 54.7 Å². The maximum absolute atomic E-state index is 10.5. The molecule has 0 aromatic carbocycles. The van der Waals surface area contributed by atoms with Gasteiger partial charge in [-0.3, -0.25) is 9.48 Å². The molecule has 0 atom stereocenters. The summed E-state index contributed by atoms with van der Waals surface area (Å²) in [5.74, 6) is 0. The van der Waals surface area contributed by atoms with Crippen molar-refractivity contribution < 1.29 is 9.53 Å². The fraction of sp³-hybridized carbons (Fsp3) is 0.750. The van der Waals surface area contributed by atoms with Crippen molar-refractivity contribution >= 4 is 19.8 Å². The minimum Gasteiger partial charge on any atom is -0.379 e. The molecule has 1 saturated carbocycles. The lowest BCUT2D eigenvalue weighted by Crippen LogP contribution is -2.61. The molecule has 1 aliphatic carbocycles. The van der Waals surface area contributed by atoms with E-state index in [9.17, 15) is 4.79 Å². The van der Waals surface area contributed by atoms with Crippen molar-refractivity contribution in [3.05, 3.63) is 11.8 Å². The molecule has 1 aromatic heterocycles. The quantitative estimate of drug-likeness (QED) is 0.609. The highest BCUT2D eigenvalue weighted by Gasteiger charge is 2.53. The molecule has 2 fully saturated rings. The van der Waals surface area contributed by atoms with Gasteiger partial charge in [-0.2, -0.15) is 5.10 Å². The summed E-state index contributed by atoms with van der Waals surface area (Å²) in [4.78, 5) is 12.3. The molecule has 5 nitrogen and oxygen atoms in total. The average molecular weight is 303 g/mol. The lowest BCUT2D eigenvalue weighted by molar-refractivity contribution is -0.140. The van der Waals surface area contributed by atoms with Crippen LogP contribution in [0.4, 0.5) is 0 Å². The average Bonchev–Trinajstić information content (AvgIpc) is 2.65. The third-order valence-corrected chi connectivity index (χ3v) is 4.46. The van der Waals surface area contributed by atoms with E-state index >= 15 is 0 Å². The number of carbonyl (C=O) groups excluding carboxylic acids is 1. The summed E-state index contributed by atoms with van der Waals surface area (Å²) in [5, 5.41) is 4.31. The third kappa shape index (κ3) is 3.72.